The lowest BCUT2D eigenvalue weighted by molar-refractivity contribution is -0.140. The summed E-state index contributed by atoms with van der Waals surface area (Å²) in [6.45, 7) is -0.341. The van der Waals surface area contributed by atoms with E-state index in [1.54, 1.807) is 48.5 Å². The van der Waals surface area contributed by atoms with Crippen LogP contribution in [0.25, 0.3) is 0 Å². The Balaban J connectivity index is 1.72. The van der Waals surface area contributed by atoms with Gasteiger partial charge in [0.15, 0.2) is 0 Å². The molecule has 4 rings (SSSR count). The van der Waals surface area contributed by atoms with E-state index in [2.05, 4.69) is 21.2 Å². The SMILES string of the molecule is CS(=O)(=O)N(CC(=O)N(Cc1ccc(Cl)cc1)[C@H](Cc1ccccc1)C(=O)NC1CCCC1)c1cccc(Br)c1. The number of nitrogens with one attached hydrogen (secondary N) is 1. The molecule has 7 nitrogen and oxygen atoms in total. The maximum Gasteiger partial charge on any atom is 0.244 e. The van der Waals surface area contributed by atoms with Crippen molar-refractivity contribution in [1.29, 1.82) is 0 Å². The number of rotatable bonds is 11. The van der Waals surface area contributed by atoms with E-state index in [9.17, 15) is 18.0 Å². The van der Waals surface area contributed by atoms with Gasteiger partial charge in [0.05, 0.1) is 11.9 Å². The summed E-state index contributed by atoms with van der Waals surface area (Å²) in [7, 11) is -3.82. The Labute approximate surface area is 249 Å². The molecule has 212 valence electrons. The molecule has 0 unspecified atom stereocenters. The van der Waals surface area contributed by atoms with Crippen LogP contribution in [-0.2, 0) is 32.6 Å². The third kappa shape index (κ3) is 8.32. The normalized spacial score (nSPS) is 14.5. The Morgan fingerprint density at radius 1 is 0.975 bits per heavy atom. The molecule has 0 saturated heterocycles. The highest BCUT2D eigenvalue weighted by Gasteiger charge is 2.34. The fourth-order valence-electron chi connectivity index (χ4n) is 4.95. The van der Waals surface area contributed by atoms with Gasteiger partial charge >= 0.3 is 0 Å². The lowest BCUT2D eigenvalue weighted by Crippen LogP contribution is -2.54. The number of anilines is 1. The third-order valence-corrected chi connectivity index (χ3v) is 8.90. The molecular formula is C30H33BrClN3O4S. The highest BCUT2D eigenvalue weighted by Crippen LogP contribution is 2.24. The Hall–Kier alpha value is -2.88. The average Bonchev–Trinajstić information content (AvgIpc) is 3.43. The maximum atomic E-state index is 14.1. The van der Waals surface area contributed by atoms with Gasteiger partial charge in [-0.15, -0.1) is 0 Å². The van der Waals surface area contributed by atoms with Gasteiger partial charge in [-0.25, -0.2) is 8.42 Å². The minimum Gasteiger partial charge on any atom is -0.352 e. The zero-order chi connectivity index (χ0) is 28.7. The van der Waals surface area contributed by atoms with Crippen LogP contribution in [0.5, 0.6) is 0 Å². The lowest BCUT2D eigenvalue weighted by Gasteiger charge is -2.34. The van der Waals surface area contributed by atoms with Crippen LogP contribution in [0.4, 0.5) is 5.69 Å². The van der Waals surface area contributed by atoms with E-state index in [4.69, 9.17) is 11.6 Å². The van der Waals surface area contributed by atoms with Crippen molar-refractivity contribution in [3.05, 3.63) is 99.5 Å². The van der Waals surface area contributed by atoms with Crippen molar-refractivity contribution < 1.29 is 18.0 Å². The van der Waals surface area contributed by atoms with Crippen molar-refractivity contribution in [2.24, 2.45) is 0 Å². The number of hydrogen-bond donors (Lipinski definition) is 1. The van der Waals surface area contributed by atoms with E-state index in [0.29, 0.717) is 15.2 Å². The molecule has 1 aliphatic rings. The highest BCUT2D eigenvalue weighted by atomic mass is 79.9. The number of amides is 2. The van der Waals surface area contributed by atoms with Crippen molar-refractivity contribution in [3.63, 3.8) is 0 Å². The second kappa shape index (κ2) is 13.7. The smallest absolute Gasteiger partial charge is 0.244 e. The molecular weight excluding hydrogens is 614 g/mol. The van der Waals surface area contributed by atoms with E-state index < -0.39 is 28.5 Å². The molecule has 1 atom stereocenters. The van der Waals surface area contributed by atoms with Gasteiger partial charge in [0.25, 0.3) is 0 Å². The monoisotopic (exact) mass is 645 g/mol. The van der Waals surface area contributed by atoms with Crippen molar-refractivity contribution in [2.45, 2.75) is 50.7 Å². The quantitative estimate of drug-likeness (QED) is 0.295. The van der Waals surface area contributed by atoms with Gasteiger partial charge in [-0.3, -0.25) is 13.9 Å². The first-order valence-corrected chi connectivity index (χ1v) is 16.2. The molecule has 10 heteroatoms. The summed E-state index contributed by atoms with van der Waals surface area (Å²) in [6.07, 6.45) is 5.27. The molecule has 0 heterocycles. The minimum atomic E-state index is -3.82. The van der Waals surface area contributed by atoms with E-state index in [-0.39, 0.29) is 24.9 Å². The fraction of sp³-hybridized carbons (Fsp3) is 0.333. The molecule has 1 N–H and O–H groups in total. The zero-order valence-corrected chi connectivity index (χ0v) is 25.5. The van der Waals surface area contributed by atoms with Gasteiger partial charge in [0.1, 0.15) is 12.6 Å². The van der Waals surface area contributed by atoms with Crippen molar-refractivity contribution in [3.8, 4) is 0 Å². The first-order valence-electron chi connectivity index (χ1n) is 13.2. The van der Waals surface area contributed by atoms with Crippen molar-refractivity contribution in [2.75, 3.05) is 17.1 Å². The van der Waals surface area contributed by atoms with Gasteiger partial charge in [-0.2, -0.15) is 0 Å². The largest absolute Gasteiger partial charge is 0.352 e. The lowest BCUT2D eigenvalue weighted by atomic mass is 10.0. The third-order valence-electron chi connectivity index (χ3n) is 7.01. The first-order chi connectivity index (χ1) is 19.1. The molecule has 1 fully saturated rings. The van der Waals surface area contributed by atoms with Crippen molar-refractivity contribution in [1.82, 2.24) is 10.2 Å². The van der Waals surface area contributed by atoms with Crippen LogP contribution in [0, 0.1) is 0 Å². The molecule has 0 aromatic heterocycles. The Morgan fingerprint density at radius 2 is 1.65 bits per heavy atom. The van der Waals surface area contributed by atoms with Crippen LogP contribution >= 0.6 is 27.5 Å². The predicted octanol–water partition coefficient (Wildman–Crippen LogP) is 5.57. The number of carbonyl (C=O) groups is 2. The molecule has 2 amide bonds. The molecule has 0 bridgehead atoms. The Kier molecular flexibility index (Phi) is 10.3. The summed E-state index contributed by atoms with van der Waals surface area (Å²) in [6, 6.07) is 22.6. The van der Waals surface area contributed by atoms with Gasteiger partial charge in [-0.1, -0.05) is 88.9 Å². The number of benzene rings is 3. The number of halogens is 2. The van der Waals surface area contributed by atoms with E-state index in [1.165, 1.54) is 4.90 Å². The standard InChI is InChI=1S/C30H33BrClN3O4S/c1-40(38,39)35(27-13-7-10-24(31)19-27)21-29(36)34(20-23-14-16-25(32)17-15-23)28(18-22-8-3-2-4-9-22)30(37)33-26-11-5-6-12-26/h2-4,7-10,13-17,19,26,28H,5-6,11-12,18,20-21H2,1H3,(H,33,37)/t28-/m1/s1. The van der Waals surface area contributed by atoms with Crippen LogP contribution in [-0.4, -0.2) is 50.0 Å². The van der Waals surface area contributed by atoms with Crippen LogP contribution in [0.1, 0.15) is 36.8 Å². The molecule has 0 aliphatic heterocycles. The topological polar surface area (TPSA) is 86.8 Å². The van der Waals surface area contributed by atoms with Gasteiger partial charge in [0, 0.05) is 28.5 Å². The van der Waals surface area contributed by atoms with Crippen molar-refractivity contribution >= 4 is 55.1 Å². The van der Waals surface area contributed by atoms with E-state index >= 15 is 0 Å². The number of nitrogens with zero attached hydrogens (tertiary/aromatic N) is 2. The second-order valence-electron chi connectivity index (χ2n) is 10.1. The number of carbonyl (C=O) groups excluding carboxylic acids is 2. The summed E-state index contributed by atoms with van der Waals surface area (Å²) in [5.74, 6) is -0.728. The van der Waals surface area contributed by atoms with Gasteiger partial charge < -0.3 is 10.2 Å². The zero-order valence-electron chi connectivity index (χ0n) is 22.3. The van der Waals surface area contributed by atoms with Crippen LogP contribution < -0.4 is 9.62 Å². The summed E-state index contributed by atoms with van der Waals surface area (Å²) < 4.78 is 27.5. The van der Waals surface area contributed by atoms with Gasteiger partial charge in [0.2, 0.25) is 21.8 Å². The highest BCUT2D eigenvalue weighted by molar-refractivity contribution is 9.10. The van der Waals surface area contributed by atoms with E-state index in [1.807, 2.05) is 30.3 Å². The summed E-state index contributed by atoms with van der Waals surface area (Å²) in [5, 5.41) is 3.72. The van der Waals surface area contributed by atoms with Gasteiger partial charge in [-0.05, 0) is 54.3 Å². The summed E-state index contributed by atoms with van der Waals surface area (Å²) >= 11 is 9.49. The van der Waals surface area contributed by atoms with Crippen LogP contribution in [0.2, 0.25) is 5.02 Å². The first kappa shape index (κ1) is 30.1. The maximum absolute atomic E-state index is 14.1. The summed E-state index contributed by atoms with van der Waals surface area (Å²) in [4.78, 5) is 29.4. The Bertz CT molecular complexity index is 1410. The van der Waals surface area contributed by atoms with E-state index in [0.717, 1.165) is 47.4 Å². The fourth-order valence-corrected chi connectivity index (χ4v) is 6.31. The number of sulfonamides is 1. The predicted molar refractivity (Wildman–Crippen MR) is 163 cm³/mol. The number of hydrogen-bond acceptors (Lipinski definition) is 4. The average molecular weight is 647 g/mol. The molecule has 3 aromatic carbocycles. The van der Waals surface area contributed by atoms with Crippen LogP contribution in [0.3, 0.4) is 0 Å². The molecule has 0 radical (unpaired) electrons. The summed E-state index contributed by atoms with van der Waals surface area (Å²) in [5.41, 5.74) is 2.03. The molecule has 0 spiro atoms. The molecule has 3 aromatic rings. The molecule has 1 saturated carbocycles. The second-order valence-corrected chi connectivity index (χ2v) is 13.4. The molecule has 1 aliphatic carbocycles. The molecule has 40 heavy (non-hydrogen) atoms. The minimum absolute atomic E-state index is 0.0624. The Morgan fingerprint density at radius 3 is 2.27 bits per heavy atom. The van der Waals surface area contributed by atoms with Crippen LogP contribution in [0.15, 0.2) is 83.3 Å².